The number of carbonyl (C=O) groups is 3. The van der Waals surface area contributed by atoms with Crippen molar-refractivity contribution in [2.75, 3.05) is 25.6 Å². The van der Waals surface area contributed by atoms with Crippen molar-refractivity contribution in [2.24, 2.45) is 0 Å². The van der Waals surface area contributed by atoms with Crippen molar-refractivity contribution in [3.05, 3.63) is 23.2 Å². The Bertz CT molecular complexity index is 1370. The molecule has 1 aromatic carbocycles. The van der Waals surface area contributed by atoms with Crippen molar-refractivity contribution in [3.8, 4) is 6.07 Å². The summed E-state index contributed by atoms with van der Waals surface area (Å²) >= 11 is 1.16. The van der Waals surface area contributed by atoms with Crippen molar-refractivity contribution >= 4 is 45.0 Å². The minimum atomic E-state index is -1.75. The first kappa shape index (κ1) is 32.6. The lowest BCUT2D eigenvalue weighted by Crippen LogP contribution is -2.68. The number of aliphatic hydroxyl groups excluding tert-OH is 4. The molecular formula is C26H33N5O11S. The van der Waals surface area contributed by atoms with Crippen LogP contribution in [0.25, 0.3) is 10.2 Å². The Morgan fingerprint density at radius 3 is 2.53 bits per heavy atom. The molecule has 1 aromatic heterocycles. The zero-order valence-corrected chi connectivity index (χ0v) is 24.2. The monoisotopic (exact) mass is 623 g/mol. The first-order valence-electron chi connectivity index (χ1n) is 13.3. The number of hydrogen-bond donors (Lipinski definition) is 7. The second kappa shape index (κ2) is 14.0. The minimum Gasteiger partial charge on any atom is -0.394 e. The van der Waals surface area contributed by atoms with Crippen LogP contribution in [0, 0.1) is 11.3 Å². The van der Waals surface area contributed by atoms with Crippen LogP contribution in [-0.2, 0) is 33.3 Å². The van der Waals surface area contributed by atoms with E-state index in [1.807, 2.05) is 6.07 Å². The van der Waals surface area contributed by atoms with Crippen LogP contribution >= 0.6 is 11.3 Å². The Morgan fingerprint density at radius 1 is 1.14 bits per heavy atom. The van der Waals surface area contributed by atoms with Crippen molar-refractivity contribution in [3.63, 3.8) is 0 Å². The second-order valence-corrected chi connectivity index (χ2v) is 11.1. The predicted octanol–water partition coefficient (Wildman–Crippen LogP) is -2.29. The number of carbonyl (C=O) groups excluding carboxylic acids is 3. The third kappa shape index (κ3) is 7.26. The predicted molar refractivity (Wildman–Crippen MR) is 147 cm³/mol. The summed E-state index contributed by atoms with van der Waals surface area (Å²) in [6.45, 7) is 1.75. The lowest BCUT2D eigenvalue weighted by atomic mass is 9.92. The number of aliphatic hydroxyl groups is 4. The van der Waals surface area contributed by atoms with Gasteiger partial charge in [-0.15, -0.1) is 11.3 Å². The van der Waals surface area contributed by atoms with Crippen molar-refractivity contribution < 1.29 is 53.8 Å². The summed E-state index contributed by atoms with van der Waals surface area (Å²) in [6.07, 6.45) is -12.7. The average Bonchev–Trinajstić information content (AvgIpc) is 3.39. The topological polar surface area (TPSA) is 242 Å². The van der Waals surface area contributed by atoms with Crippen molar-refractivity contribution in [2.45, 2.75) is 75.0 Å². The maximum Gasteiger partial charge on any atom is 0.252 e. The molecule has 2 aliphatic heterocycles. The highest BCUT2D eigenvalue weighted by Crippen LogP contribution is 2.30. The SMILES string of the molecule is CO[C@@H]1C(C(=O)NCC(=O)Nc2ccc3nc(C#N)sc3c2)O[C@@H](O[C@@H]2C(NC(C)=O)[C@H](C)OC(CO)[C@H]2O)C(O)[C@H]1O. The average molecular weight is 624 g/mol. The van der Waals surface area contributed by atoms with Crippen molar-refractivity contribution in [1.82, 2.24) is 15.6 Å². The van der Waals surface area contributed by atoms with Gasteiger partial charge in [0.25, 0.3) is 5.91 Å². The highest BCUT2D eigenvalue weighted by molar-refractivity contribution is 7.19. The number of nitrogens with zero attached hydrogens (tertiary/aromatic N) is 2. The Labute approximate surface area is 249 Å². The number of methoxy groups -OCH3 is 1. The molecule has 2 fully saturated rings. The number of nitriles is 1. The summed E-state index contributed by atoms with van der Waals surface area (Å²) in [5.41, 5.74) is 1.01. The number of aromatic nitrogens is 1. The molecule has 2 aromatic rings. The number of hydrogen-bond acceptors (Lipinski definition) is 14. The van der Waals surface area contributed by atoms with E-state index in [4.69, 9.17) is 24.2 Å². The molecule has 43 heavy (non-hydrogen) atoms. The van der Waals surface area contributed by atoms with Gasteiger partial charge in [-0.05, 0) is 25.1 Å². The molecule has 3 amide bonds. The third-order valence-corrected chi connectivity index (χ3v) is 8.00. The summed E-state index contributed by atoms with van der Waals surface area (Å²) < 4.78 is 23.0. The summed E-state index contributed by atoms with van der Waals surface area (Å²) in [6, 6.07) is 5.88. The molecule has 17 heteroatoms. The molecule has 0 bridgehead atoms. The van der Waals surface area contributed by atoms with Crippen molar-refractivity contribution in [1.29, 1.82) is 5.26 Å². The van der Waals surface area contributed by atoms with E-state index in [0.717, 1.165) is 11.3 Å². The quantitative estimate of drug-likeness (QED) is 0.156. The standard InChI is InChI=1S/C26H33N5O11S/c1-10-18(29-11(2)33)22(19(35)14(9-32)40-10)41-26-21(37)20(36)23(39-3)24(42-26)25(38)28-8-16(34)30-12-4-5-13-15(6-12)43-17(7-27)31-13/h4-6,10,14,18-24,26,32,35-37H,8-9H2,1-3H3,(H,28,38)(H,29,33)(H,30,34)/t10-,14?,18?,19+,20+,21?,22+,23-,24?,26+/m0/s1. The number of nitrogens with one attached hydrogen (secondary N) is 3. The van der Waals surface area contributed by atoms with Gasteiger partial charge in [0.1, 0.15) is 42.7 Å². The van der Waals surface area contributed by atoms with Gasteiger partial charge in [0.2, 0.25) is 11.8 Å². The largest absolute Gasteiger partial charge is 0.394 e. The van der Waals surface area contributed by atoms with E-state index in [1.54, 1.807) is 25.1 Å². The van der Waals surface area contributed by atoms with E-state index in [0.29, 0.717) is 15.9 Å². The zero-order chi connectivity index (χ0) is 31.4. The number of ether oxygens (including phenoxy) is 4. The highest BCUT2D eigenvalue weighted by atomic mass is 32.1. The van der Waals surface area contributed by atoms with E-state index in [-0.39, 0.29) is 5.01 Å². The van der Waals surface area contributed by atoms with Gasteiger partial charge < -0.3 is 55.3 Å². The molecule has 0 saturated carbocycles. The Balaban J connectivity index is 1.43. The Morgan fingerprint density at radius 2 is 1.88 bits per heavy atom. The van der Waals surface area contributed by atoms with Crippen LogP contribution in [0.1, 0.15) is 18.9 Å². The second-order valence-electron chi connectivity index (χ2n) is 10.1. The van der Waals surface area contributed by atoms with Crippen LogP contribution in [0.15, 0.2) is 18.2 Å². The number of amides is 3. The van der Waals surface area contributed by atoms with Gasteiger partial charge in [-0.3, -0.25) is 14.4 Å². The molecule has 234 valence electrons. The first-order chi connectivity index (χ1) is 20.5. The first-order valence-corrected chi connectivity index (χ1v) is 14.1. The zero-order valence-electron chi connectivity index (χ0n) is 23.4. The summed E-state index contributed by atoms with van der Waals surface area (Å²) in [5.74, 6) is -1.93. The van der Waals surface area contributed by atoms with E-state index in [1.165, 1.54) is 14.0 Å². The van der Waals surface area contributed by atoms with E-state index < -0.39 is 92.0 Å². The normalized spacial score (nSPS) is 32.5. The number of rotatable bonds is 9. The van der Waals surface area contributed by atoms with Gasteiger partial charge in [-0.2, -0.15) is 5.26 Å². The van der Waals surface area contributed by atoms with Crippen LogP contribution < -0.4 is 16.0 Å². The van der Waals surface area contributed by atoms with E-state index >= 15 is 0 Å². The molecule has 10 atom stereocenters. The smallest absolute Gasteiger partial charge is 0.252 e. The van der Waals surface area contributed by atoms with Gasteiger partial charge in [0.05, 0.1) is 35.5 Å². The van der Waals surface area contributed by atoms with Gasteiger partial charge in [-0.1, -0.05) is 0 Å². The molecule has 2 saturated heterocycles. The number of fused-ring (bicyclic) bond motifs is 1. The van der Waals surface area contributed by atoms with Crippen LogP contribution in [0.2, 0.25) is 0 Å². The van der Waals surface area contributed by atoms with E-state index in [2.05, 4.69) is 20.9 Å². The number of thiazole rings is 1. The van der Waals surface area contributed by atoms with Gasteiger partial charge >= 0.3 is 0 Å². The number of anilines is 1. The third-order valence-electron chi connectivity index (χ3n) is 7.07. The highest BCUT2D eigenvalue weighted by Gasteiger charge is 2.52. The minimum absolute atomic E-state index is 0.278. The molecular weight excluding hydrogens is 590 g/mol. The summed E-state index contributed by atoms with van der Waals surface area (Å²) in [7, 11) is 1.19. The van der Waals surface area contributed by atoms with Gasteiger partial charge in [-0.25, -0.2) is 4.98 Å². The van der Waals surface area contributed by atoms with Crippen LogP contribution in [-0.4, -0.2) is 125 Å². The maximum atomic E-state index is 13.1. The lowest BCUT2D eigenvalue weighted by Gasteiger charge is -2.47. The molecule has 16 nitrogen and oxygen atoms in total. The molecule has 4 unspecified atom stereocenters. The fourth-order valence-electron chi connectivity index (χ4n) is 4.98. The van der Waals surface area contributed by atoms with Crippen LogP contribution in [0.4, 0.5) is 5.69 Å². The molecule has 0 radical (unpaired) electrons. The molecule has 0 aliphatic carbocycles. The number of benzene rings is 1. The maximum absolute atomic E-state index is 13.1. The van der Waals surface area contributed by atoms with Crippen LogP contribution in [0.5, 0.6) is 0 Å². The van der Waals surface area contributed by atoms with E-state index in [9.17, 15) is 34.8 Å². The molecule has 3 heterocycles. The summed E-state index contributed by atoms with van der Waals surface area (Å²) in [5, 5.41) is 58.8. The molecule has 2 aliphatic rings. The lowest BCUT2D eigenvalue weighted by molar-refractivity contribution is -0.325. The molecule has 7 N–H and O–H groups in total. The Hall–Kier alpha value is -3.31. The molecule has 0 spiro atoms. The van der Waals surface area contributed by atoms with Gasteiger partial charge in [0.15, 0.2) is 17.4 Å². The summed E-state index contributed by atoms with van der Waals surface area (Å²) in [4.78, 5) is 41.6. The van der Waals surface area contributed by atoms with Gasteiger partial charge in [0, 0.05) is 19.7 Å². The molecule has 4 rings (SSSR count). The van der Waals surface area contributed by atoms with Crippen LogP contribution in [0.3, 0.4) is 0 Å². The fourth-order valence-corrected chi connectivity index (χ4v) is 5.79. The fraction of sp³-hybridized carbons (Fsp3) is 0.577. The Kier molecular flexibility index (Phi) is 10.6.